The highest BCUT2D eigenvalue weighted by atomic mass is 31.2. The molecule has 0 bridgehead atoms. The van der Waals surface area contributed by atoms with E-state index in [1.165, 1.54) is 186 Å². The van der Waals surface area contributed by atoms with Gasteiger partial charge in [-0.1, -0.05) is 310 Å². The van der Waals surface area contributed by atoms with E-state index in [1.54, 1.807) is 0 Å². The molecule has 0 aliphatic heterocycles. The number of esters is 4. The highest BCUT2D eigenvalue weighted by Gasteiger charge is 2.30. The lowest BCUT2D eigenvalue weighted by Gasteiger charge is -2.21. The molecule has 19 heteroatoms. The van der Waals surface area contributed by atoms with Crippen molar-refractivity contribution in [3.8, 4) is 0 Å². The molecule has 0 aliphatic carbocycles. The first-order chi connectivity index (χ1) is 42.7. The fraction of sp³-hybridized carbons (Fsp3) is 0.942. The van der Waals surface area contributed by atoms with Crippen LogP contribution in [0.5, 0.6) is 0 Å². The van der Waals surface area contributed by atoms with Gasteiger partial charge in [0.25, 0.3) is 0 Å². The molecule has 0 rings (SSSR count). The average Bonchev–Trinajstić information content (AvgIpc) is 3.52. The number of carbonyl (C=O) groups is 4. The van der Waals surface area contributed by atoms with E-state index in [2.05, 4.69) is 27.7 Å². The molecule has 0 aromatic heterocycles. The Bertz CT molecular complexity index is 1690. The number of rotatable bonds is 70. The van der Waals surface area contributed by atoms with E-state index < -0.39 is 97.5 Å². The van der Waals surface area contributed by atoms with Crippen LogP contribution < -0.4 is 0 Å². The summed E-state index contributed by atoms with van der Waals surface area (Å²) in [6, 6.07) is 0. The predicted molar refractivity (Wildman–Crippen MR) is 354 cm³/mol. The summed E-state index contributed by atoms with van der Waals surface area (Å²) in [7, 11) is -9.89. The Morgan fingerprint density at radius 3 is 0.670 bits per heavy atom. The van der Waals surface area contributed by atoms with Crippen LogP contribution in [0.25, 0.3) is 0 Å². The quantitative estimate of drug-likeness (QED) is 0.0222. The van der Waals surface area contributed by atoms with Crippen molar-refractivity contribution in [2.24, 2.45) is 0 Å². The minimum Gasteiger partial charge on any atom is -0.462 e. The Labute approximate surface area is 537 Å². The number of carbonyl (C=O) groups excluding carboxylic acids is 4. The van der Waals surface area contributed by atoms with Gasteiger partial charge in [0.1, 0.15) is 19.3 Å². The molecule has 0 radical (unpaired) electrons. The zero-order chi connectivity index (χ0) is 64.7. The lowest BCUT2D eigenvalue weighted by atomic mass is 10.0. The molecule has 0 aliphatic rings. The summed E-state index contributed by atoms with van der Waals surface area (Å²) in [5, 5.41) is 10.6. The molecule has 17 nitrogen and oxygen atoms in total. The number of ether oxygens (including phenoxy) is 4. The van der Waals surface area contributed by atoms with E-state index in [9.17, 15) is 43.2 Å². The van der Waals surface area contributed by atoms with Crippen LogP contribution in [-0.2, 0) is 65.4 Å². The van der Waals surface area contributed by atoms with Crippen molar-refractivity contribution in [1.82, 2.24) is 0 Å². The molecule has 0 aromatic carbocycles. The van der Waals surface area contributed by atoms with Gasteiger partial charge in [-0.15, -0.1) is 0 Å². The Kier molecular flexibility index (Phi) is 62.4. The Balaban J connectivity index is 5.16. The molecule has 0 saturated carbocycles. The average molecular weight is 1300 g/mol. The van der Waals surface area contributed by atoms with Gasteiger partial charge in [-0.05, 0) is 25.7 Å². The van der Waals surface area contributed by atoms with Gasteiger partial charge in [-0.3, -0.25) is 37.3 Å². The van der Waals surface area contributed by atoms with Crippen LogP contribution in [0.1, 0.15) is 362 Å². The Hall–Kier alpha value is -1.94. The summed E-state index contributed by atoms with van der Waals surface area (Å²) in [6.45, 7) is 4.90. The van der Waals surface area contributed by atoms with E-state index in [-0.39, 0.29) is 25.7 Å². The molecule has 5 atom stereocenters. The molecule has 0 amide bonds. The van der Waals surface area contributed by atoms with Crippen LogP contribution in [0.2, 0.25) is 0 Å². The molecule has 522 valence electrons. The van der Waals surface area contributed by atoms with Crippen molar-refractivity contribution in [3.63, 3.8) is 0 Å². The molecule has 0 heterocycles. The summed E-state index contributed by atoms with van der Waals surface area (Å²) < 4.78 is 68.1. The maximum absolute atomic E-state index is 13.0. The first-order valence-corrected chi connectivity index (χ1v) is 39.3. The number of hydrogen-bond donors (Lipinski definition) is 3. The van der Waals surface area contributed by atoms with Gasteiger partial charge in [0.05, 0.1) is 26.4 Å². The third-order valence-corrected chi connectivity index (χ3v) is 18.0. The van der Waals surface area contributed by atoms with Gasteiger partial charge in [0.15, 0.2) is 12.2 Å². The maximum Gasteiger partial charge on any atom is 0.472 e. The number of aliphatic hydroxyl groups excluding tert-OH is 1. The third-order valence-electron chi connectivity index (χ3n) is 16.1. The van der Waals surface area contributed by atoms with Crippen LogP contribution in [0, 0.1) is 0 Å². The van der Waals surface area contributed by atoms with E-state index in [4.69, 9.17) is 37.0 Å². The number of hydrogen-bond acceptors (Lipinski definition) is 15. The van der Waals surface area contributed by atoms with Crippen molar-refractivity contribution in [3.05, 3.63) is 0 Å². The maximum atomic E-state index is 13.0. The first-order valence-electron chi connectivity index (χ1n) is 36.3. The zero-order valence-corrected chi connectivity index (χ0v) is 58.5. The second-order valence-corrected chi connectivity index (χ2v) is 27.8. The summed E-state index contributed by atoms with van der Waals surface area (Å²) in [5.41, 5.74) is 0. The van der Waals surface area contributed by atoms with Crippen molar-refractivity contribution >= 4 is 39.5 Å². The predicted octanol–water partition coefficient (Wildman–Crippen LogP) is 19.9. The molecule has 2 unspecified atom stereocenters. The third kappa shape index (κ3) is 62.8. The van der Waals surface area contributed by atoms with Gasteiger partial charge in [0, 0.05) is 25.7 Å². The van der Waals surface area contributed by atoms with Gasteiger partial charge in [-0.25, -0.2) is 9.13 Å². The van der Waals surface area contributed by atoms with Gasteiger partial charge >= 0.3 is 39.5 Å². The van der Waals surface area contributed by atoms with Crippen LogP contribution in [0.4, 0.5) is 0 Å². The highest BCUT2D eigenvalue weighted by molar-refractivity contribution is 7.47. The molecule has 88 heavy (non-hydrogen) atoms. The van der Waals surface area contributed by atoms with Crippen LogP contribution in [-0.4, -0.2) is 96.7 Å². The van der Waals surface area contributed by atoms with Crippen LogP contribution in [0.15, 0.2) is 0 Å². The second kappa shape index (κ2) is 63.8. The van der Waals surface area contributed by atoms with Crippen molar-refractivity contribution in [2.75, 3.05) is 39.6 Å². The van der Waals surface area contributed by atoms with E-state index in [1.807, 2.05) is 0 Å². The normalized spacial score (nSPS) is 14.0. The summed E-state index contributed by atoms with van der Waals surface area (Å²) in [5.74, 6) is -2.13. The number of aliphatic hydroxyl groups is 1. The Morgan fingerprint density at radius 1 is 0.273 bits per heavy atom. The minimum absolute atomic E-state index is 0.107. The van der Waals surface area contributed by atoms with Crippen molar-refractivity contribution in [2.45, 2.75) is 380 Å². The molecule has 3 N–H and O–H groups in total. The monoisotopic (exact) mass is 1300 g/mol. The summed E-state index contributed by atoms with van der Waals surface area (Å²) in [4.78, 5) is 72.3. The summed E-state index contributed by atoms with van der Waals surface area (Å²) >= 11 is 0. The first kappa shape index (κ1) is 86.1. The molecule has 0 saturated heterocycles. The van der Waals surface area contributed by atoms with Gasteiger partial charge < -0.3 is 33.8 Å². The smallest absolute Gasteiger partial charge is 0.462 e. The fourth-order valence-corrected chi connectivity index (χ4v) is 12.1. The van der Waals surface area contributed by atoms with Gasteiger partial charge in [-0.2, -0.15) is 0 Å². The zero-order valence-electron chi connectivity index (χ0n) is 56.7. The number of unbranched alkanes of at least 4 members (excludes halogenated alkanes) is 44. The SMILES string of the molecule is CCCCCCCCCCCCCCCCCCCCCC(=O)O[C@H](COC(=O)CCCCCCCCCCCCC)COP(=O)(O)OC[C@@H](O)COP(=O)(O)OC[C@@H](COC(=O)CCCCCCCCCC)OC(=O)CCCCCCCCCCCC. The van der Waals surface area contributed by atoms with Crippen LogP contribution in [0.3, 0.4) is 0 Å². The standard InChI is InChI=1S/C69H134O17P2/c1-5-9-13-17-21-25-28-29-30-31-32-33-34-35-37-40-44-48-52-56-69(74)86-65(60-80-67(72)54-50-46-42-39-36-26-22-18-14-10-6-2)62-84-88(77,78)82-58-63(70)57-81-87(75,76)83-61-64(59-79-66(71)53-49-45-41-24-20-16-12-8-4)85-68(73)55-51-47-43-38-27-23-19-15-11-7-3/h63-65,70H,5-62H2,1-4H3,(H,75,76)(H,77,78)/t63-,64+,65+/m0/s1. The van der Waals surface area contributed by atoms with Crippen LogP contribution >= 0.6 is 15.6 Å². The van der Waals surface area contributed by atoms with E-state index >= 15 is 0 Å². The molecule has 0 aromatic rings. The molecular weight excluding hydrogens is 1160 g/mol. The van der Waals surface area contributed by atoms with E-state index in [0.717, 1.165) is 96.3 Å². The van der Waals surface area contributed by atoms with Crippen molar-refractivity contribution < 1.29 is 80.2 Å². The molecular formula is C69H134O17P2. The lowest BCUT2D eigenvalue weighted by molar-refractivity contribution is -0.161. The van der Waals surface area contributed by atoms with Gasteiger partial charge in [0.2, 0.25) is 0 Å². The number of phosphoric ester groups is 2. The second-order valence-electron chi connectivity index (χ2n) is 24.9. The molecule has 0 fully saturated rings. The topological polar surface area (TPSA) is 237 Å². The minimum atomic E-state index is -4.95. The molecule has 0 spiro atoms. The van der Waals surface area contributed by atoms with Crippen molar-refractivity contribution in [1.29, 1.82) is 0 Å². The largest absolute Gasteiger partial charge is 0.472 e. The lowest BCUT2D eigenvalue weighted by Crippen LogP contribution is -2.30. The fourth-order valence-electron chi connectivity index (χ4n) is 10.5. The highest BCUT2D eigenvalue weighted by Crippen LogP contribution is 2.45. The van der Waals surface area contributed by atoms with E-state index in [0.29, 0.717) is 25.7 Å². The number of phosphoric acid groups is 2. The Morgan fingerprint density at radius 2 is 0.455 bits per heavy atom. The summed E-state index contributed by atoms with van der Waals surface area (Å²) in [6.07, 6.45) is 51.4.